The zero-order chi connectivity index (χ0) is 19.5. The quantitative estimate of drug-likeness (QED) is 0.556. The van der Waals surface area contributed by atoms with Crippen LogP contribution < -0.4 is 0 Å². The first-order valence-corrected chi connectivity index (χ1v) is 9.01. The van der Waals surface area contributed by atoms with Crippen LogP contribution in [0.15, 0.2) is 0 Å². The van der Waals surface area contributed by atoms with Gasteiger partial charge in [-0.05, 0) is 33.7 Å². The van der Waals surface area contributed by atoms with Gasteiger partial charge in [-0.1, -0.05) is 0 Å². The lowest BCUT2D eigenvalue weighted by Gasteiger charge is -2.14. The largest absolute Gasteiger partial charge is 0.478 e. The van der Waals surface area contributed by atoms with E-state index < -0.39 is 12.2 Å². The van der Waals surface area contributed by atoms with E-state index in [1.807, 2.05) is 0 Å². The SMILES string of the molecule is CO[C@@H]1C[C@H](c2nnn[nH]2)C[C@@H]1O[N+](=O)O[C@H]1C[C@@H](c2nnn[nH]2)C[C@H]1OC. The van der Waals surface area contributed by atoms with Crippen molar-refractivity contribution in [3.8, 4) is 0 Å². The molecule has 0 spiro atoms. The summed E-state index contributed by atoms with van der Waals surface area (Å²) in [7, 11) is 3.15. The molecular weight excluding hydrogens is 374 g/mol. The third-order valence-corrected chi connectivity index (χ3v) is 5.44. The molecule has 2 N–H and O–H groups in total. The average molecular weight is 396 g/mol. The van der Waals surface area contributed by atoms with Crippen molar-refractivity contribution >= 4 is 0 Å². The molecule has 0 radical (unpaired) electrons. The lowest BCUT2D eigenvalue weighted by molar-refractivity contribution is -0.993. The molecule has 28 heavy (non-hydrogen) atoms. The Balaban J connectivity index is 1.34. The summed E-state index contributed by atoms with van der Waals surface area (Å²) in [5, 5.41) is 27.9. The fraction of sp³-hybridized carbons (Fsp3) is 0.857. The topological polar surface area (TPSA) is 166 Å². The van der Waals surface area contributed by atoms with Crippen molar-refractivity contribution in [1.82, 2.24) is 41.2 Å². The molecule has 0 aromatic carbocycles. The molecule has 14 nitrogen and oxygen atoms in total. The molecule has 2 heterocycles. The normalized spacial score (nSPS) is 32.5. The fourth-order valence-electron chi connectivity index (χ4n) is 4.01. The lowest BCUT2D eigenvalue weighted by Crippen LogP contribution is -2.34. The van der Waals surface area contributed by atoms with Crippen molar-refractivity contribution in [2.75, 3.05) is 14.2 Å². The number of hydrogen-bond donors (Lipinski definition) is 2. The first-order valence-electron chi connectivity index (χ1n) is 9.01. The van der Waals surface area contributed by atoms with Crippen molar-refractivity contribution < 1.29 is 24.2 Å². The Labute approximate surface area is 159 Å². The van der Waals surface area contributed by atoms with E-state index >= 15 is 0 Å². The molecule has 0 amide bonds. The van der Waals surface area contributed by atoms with Gasteiger partial charge < -0.3 is 9.47 Å². The number of nitrogens with zero attached hydrogens (tertiary/aromatic N) is 7. The Morgan fingerprint density at radius 2 is 1.21 bits per heavy atom. The van der Waals surface area contributed by atoms with E-state index in [0.29, 0.717) is 37.3 Å². The molecule has 0 saturated heterocycles. The van der Waals surface area contributed by atoms with Gasteiger partial charge in [0.05, 0.1) is 0 Å². The monoisotopic (exact) mass is 396 g/mol. The zero-order valence-electron chi connectivity index (χ0n) is 15.5. The van der Waals surface area contributed by atoms with Crippen LogP contribution in [0.4, 0.5) is 0 Å². The number of ether oxygens (including phenoxy) is 2. The summed E-state index contributed by atoms with van der Waals surface area (Å²) in [5.41, 5.74) is 0. The Bertz CT molecular complexity index is 695. The van der Waals surface area contributed by atoms with Gasteiger partial charge in [-0.2, -0.15) is 9.68 Å². The second-order valence-electron chi connectivity index (χ2n) is 6.97. The van der Waals surface area contributed by atoms with E-state index in [2.05, 4.69) is 41.2 Å². The number of tetrazole rings is 2. The summed E-state index contributed by atoms with van der Waals surface area (Å²) in [6, 6.07) is 0. The van der Waals surface area contributed by atoms with E-state index in [4.69, 9.17) is 19.1 Å². The first-order chi connectivity index (χ1) is 13.7. The van der Waals surface area contributed by atoms with E-state index in [1.165, 1.54) is 0 Å². The predicted molar refractivity (Wildman–Crippen MR) is 87.3 cm³/mol. The van der Waals surface area contributed by atoms with Crippen molar-refractivity contribution in [1.29, 1.82) is 0 Å². The standard InChI is InChI=1S/C14H22N9O5/c1-25-9-3-7(13-15-19-20-16-13)5-11(9)27-23(24)28-12-6-8(4-10(12)26-2)14-17-21-22-18-14/h7-12H,3-6H2,1-2H3,(H,15,16,19,20)(H,17,18,21,22)/q+1/t7-,8-,9+,10+,11-,12-/m0/s1. The predicted octanol–water partition coefficient (Wildman–Crippen LogP) is -0.423. The van der Waals surface area contributed by atoms with Gasteiger partial charge in [-0.25, -0.2) is 10.2 Å². The Hall–Kier alpha value is -2.74. The second-order valence-corrected chi connectivity index (χ2v) is 6.97. The number of nitrogens with one attached hydrogen (secondary N) is 2. The van der Waals surface area contributed by atoms with Gasteiger partial charge in [0.2, 0.25) is 12.2 Å². The van der Waals surface area contributed by atoms with Gasteiger partial charge in [0.1, 0.15) is 17.1 Å². The highest BCUT2D eigenvalue weighted by Crippen LogP contribution is 2.38. The van der Waals surface area contributed by atoms with Crippen LogP contribution in [0.1, 0.15) is 49.2 Å². The minimum atomic E-state index is -0.478. The zero-order valence-corrected chi connectivity index (χ0v) is 15.5. The van der Waals surface area contributed by atoms with Gasteiger partial charge in [0.25, 0.3) is 0 Å². The van der Waals surface area contributed by atoms with Crippen LogP contribution >= 0.6 is 0 Å². The maximum absolute atomic E-state index is 12.3. The Morgan fingerprint density at radius 3 is 1.57 bits per heavy atom. The van der Waals surface area contributed by atoms with Crippen molar-refractivity contribution in [3.05, 3.63) is 16.6 Å². The third-order valence-electron chi connectivity index (χ3n) is 5.44. The first kappa shape index (κ1) is 18.6. The van der Waals surface area contributed by atoms with Crippen molar-refractivity contribution in [3.63, 3.8) is 0 Å². The van der Waals surface area contributed by atoms with E-state index in [-0.39, 0.29) is 29.1 Å². The van der Waals surface area contributed by atoms with Crippen molar-refractivity contribution in [2.24, 2.45) is 0 Å². The number of H-pyrrole nitrogens is 2. The molecule has 152 valence electrons. The molecule has 14 heteroatoms. The van der Waals surface area contributed by atoms with E-state index in [0.717, 1.165) is 0 Å². The van der Waals surface area contributed by atoms with Gasteiger partial charge in [-0.3, -0.25) is 0 Å². The summed E-state index contributed by atoms with van der Waals surface area (Å²) in [4.78, 5) is 23.3. The highest BCUT2D eigenvalue weighted by Gasteiger charge is 2.46. The molecule has 2 aromatic heterocycles. The third kappa shape index (κ3) is 3.77. The lowest BCUT2D eigenvalue weighted by atomic mass is 10.1. The molecular formula is C14H22N9O5+. The van der Waals surface area contributed by atoms with Gasteiger partial charge in [0.15, 0.2) is 11.6 Å². The molecule has 0 unspecified atom stereocenters. The molecule has 2 fully saturated rings. The second kappa shape index (κ2) is 8.10. The van der Waals surface area contributed by atoms with Crippen LogP contribution in [0.3, 0.4) is 0 Å². The molecule has 4 rings (SSSR count). The smallest absolute Gasteiger partial charge is 0.377 e. The molecule has 2 aliphatic rings. The van der Waals surface area contributed by atoms with Crippen LogP contribution in [0.25, 0.3) is 0 Å². The minimum Gasteiger partial charge on any atom is -0.377 e. The van der Waals surface area contributed by atoms with Crippen LogP contribution in [-0.4, -0.2) is 85.0 Å². The molecule has 0 bridgehead atoms. The Morgan fingerprint density at radius 1 is 0.786 bits per heavy atom. The summed E-state index contributed by atoms with van der Waals surface area (Å²) in [5.74, 6) is 1.32. The number of rotatable bonds is 8. The summed E-state index contributed by atoms with van der Waals surface area (Å²) in [6.45, 7) is 0. The molecule has 2 aliphatic carbocycles. The number of aromatic amines is 2. The maximum Gasteiger partial charge on any atom is 0.478 e. The van der Waals surface area contributed by atoms with Crippen LogP contribution in [0.2, 0.25) is 0 Å². The van der Waals surface area contributed by atoms with Gasteiger partial charge in [-0.15, -0.1) is 10.2 Å². The summed E-state index contributed by atoms with van der Waals surface area (Å²) in [6.07, 6.45) is 0.830. The van der Waals surface area contributed by atoms with Gasteiger partial charge in [0, 0.05) is 38.9 Å². The highest BCUT2D eigenvalue weighted by molar-refractivity contribution is 5.01. The van der Waals surface area contributed by atoms with E-state index in [1.54, 1.807) is 14.2 Å². The number of hydrogen-bond acceptors (Lipinski definition) is 11. The van der Waals surface area contributed by atoms with Crippen LogP contribution in [0.5, 0.6) is 0 Å². The molecule has 6 atom stereocenters. The van der Waals surface area contributed by atoms with Gasteiger partial charge >= 0.3 is 5.09 Å². The minimum absolute atomic E-state index is 0.0138. The summed E-state index contributed by atoms with van der Waals surface area (Å²) < 4.78 is 10.9. The maximum atomic E-state index is 12.3. The van der Waals surface area contributed by atoms with E-state index in [9.17, 15) is 4.91 Å². The fourth-order valence-corrected chi connectivity index (χ4v) is 4.01. The molecule has 2 aromatic rings. The molecule has 0 aliphatic heterocycles. The average Bonchev–Trinajstić information content (AvgIpc) is 3.46. The van der Waals surface area contributed by atoms with Crippen molar-refractivity contribution in [2.45, 2.75) is 61.9 Å². The number of aromatic nitrogens is 8. The van der Waals surface area contributed by atoms with Crippen LogP contribution in [-0.2, 0) is 19.1 Å². The number of methoxy groups -OCH3 is 2. The highest BCUT2D eigenvalue weighted by atomic mass is 17.0. The summed E-state index contributed by atoms with van der Waals surface area (Å²) >= 11 is 0. The molecule has 2 saturated carbocycles. The Kier molecular flexibility index (Phi) is 5.38. The van der Waals surface area contributed by atoms with Crippen LogP contribution in [0, 0.1) is 4.91 Å².